The maximum Gasteiger partial charge on any atom is 0.307 e. The first-order valence-electron chi connectivity index (χ1n) is 5.38. The van der Waals surface area contributed by atoms with Crippen molar-refractivity contribution < 1.29 is 9.53 Å². The number of carbonyl (C=O) groups excluding carboxylic acids is 1. The Morgan fingerprint density at radius 3 is 2.71 bits per heavy atom. The van der Waals surface area contributed by atoms with E-state index < -0.39 is 0 Å². The highest BCUT2D eigenvalue weighted by atomic mass is 35.5. The van der Waals surface area contributed by atoms with E-state index in [4.69, 9.17) is 33.7 Å². The minimum atomic E-state index is -0.278. The van der Waals surface area contributed by atoms with Crippen LogP contribution in [0.25, 0.3) is 0 Å². The number of ether oxygens (including phenoxy) is 1. The summed E-state index contributed by atoms with van der Waals surface area (Å²) in [7, 11) is 0. The van der Waals surface area contributed by atoms with Gasteiger partial charge >= 0.3 is 5.97 Å². The van der Waals surface area contributed by atoms with Gasteiger partial charge in [-0.3, -0.25) is 4.79 Å². The zero-order chi connectivity index (χ0) is 12.8. The molecule has 1 atom stereocenters. The largest absolute Gasteiger partial charge is 0.466 e. The first-order valence-corrected chi connectivity index (χ1v) is 6.13. The van der Waals surface area contributed by atoms with Gasteiger partial charge in [-0.1, -0.05) is 29.3 Å². The van der Waals surface area contributed by atoms with E-state index in [2.05, 4.69) is 0 Å². The van der Waals surface area contributed by atoms with Gasteiger partial charge in [0.1, 0.15) is 0 Å². The highest BCUT2D eigenvalue weighted by molar-refractivity contribution is 6.42. The molecule has 0 saturated heterocycles. The molecular weight excluding hydrogens is 261 g/mol. The van der Waals surface area contributed by atoms with Crippen LogP contribution < -0.4 is 5.73 Å². The van der Waals surface area contributed by atoms with Crippen LogP contribution in [0.4, 0.5) is 0 Å². The van der Waals surface area contributed by atoms with E-state index in [1.165, 1.54) is 0 Å². The van der Waals surface area contributed by atoms with E-state index >= 15 is 0 Å². The van der Waals surface area contributed by atoms with E-state index in [1.54, 1.807) is 19.1 Å². The van der Waals surface area contributed by atoms with Gasteiger partial charge in [0.15, 0.2) is 0 Å². The van der Waals surface area contributed by atoms with Gasteiger partial charge < -0.3 is 10.5 Å². The third-order valence-electron chi connectivity index (χ3n) is 2.22. The van der Waals surface area contributed by atoms with Crippen LogP contribution in [-0.2, 0) is 16.0 Å². The molecule has 0 bridgehead atoms. The highest BCUT2D eigenvalue weighted by Crippen LogP contribution is 2.23. The maximum atomic E-state index is 11.2. The van der Waals surface area contributed by atoms with Crippen LogP contribution in [0.3, 0.4) is 0 Å². The number of carbonyl (C=O) groups is 1. The lowest BCUT2D eigenvalue weighted by atomic mass is 10.0. The molecule has 0 saturated carbocycles. The zero-order valence-corrected chi connectivity index (χ0v) is 11.1. The summed E-state index contributed by atoms with van der Waals surface area (Å²) in [5.74, 6) is -0.278. The molecular formula is C12H15Cl2NO2. The predicted octanol–water partition coefficient (Wildman–Crippen LogP) is 2.82. The Hall–Kier alpha value is -0.770. The first-order chi connectivity index (χ1) is 8.02. The van der Waals surface area contributed by atoms with E-state index in [-0.39, 0.29) is 18.4 Å². The van der Waals surface area contributed by atoms with Crippen LogP contribution in [0.15, 0.2) is 18.2 Å². The molecule has 1 unspecified atom stereocenters. The third kappa shape index (κ3) is 4.94. The lowest BCUT2D eigenvalue weighted by Crippen LogP contribution is -2.27. The molecule has 3 nitrogen and oxygen atoms in total. The molecule has 0 aromatic heterocycles. The third-order valence-corrected chi connectivity index (χ3v) is 2.96. The van der Waals surface area contributed by atoms with Crippen molar-refractivity contribution in [3.63, 3.8) is 0 Å². The zero-order valence-electron chi connectivity index (χ0n) is 9.58. The molecule has 0 fully saturated rings. The minimum absolute atomic E-state index is 0.202. The lowest BCUT2D eigenvalue weighted by molar-refractivity contribution is -0.143. The molecule has 2 N–H and O–H groups in total. The van der Waals surface area contributed by atoms with Gasteiger partial charge in [-0.2, -0.15) is 0 Å². The Labute approximate surface area is 111 Å². The normalized spacial score (nSPS) is 12.2. The highest BCUT2D eigenvalue weighted by Gasteiger charge is 2.11. The van der Waals surface area contributed by atoms with Gasteiger partial charge in [-0.15, -0.1) is 0 Å². The summed E-state index contributed by atoms with van der Waals surface area (Å²) in [6.45, 7) is 2.14. The van der Waals surface area contributed by atoms with Crippen molar-refractivity contribution >= 4 is 29.2 Å². The molecule has 0 radical (unpaired) electrons. The number of hydrogen-bond acceptors (Lipinski definition) is 3. The van der Waals surface area contributed by atoms with Crippen molar-refractivity contribution in [1.29, 1.82) is 0 Å². The van der Waals surface area contributed by atoms with Crippen LogP contribution in [-0.4, -0.2) is 18.6 Å². The molecule has 1 aromatic rings. The molecule has 94 valence electrons. The number of rotatable bonds is 5. The van der Waals surface area contributed by atoms with Crippen LogP contribution in [0, 0.1) is 0 Å². The van der Waals surface area contributed by atoms with Crippen molar-refractivity contribution in [3.8, 4) is 0 Å². The van der Waals surface area contributed by atoms with E-state index in [9.17, 15) is 4.79 Å². The molecule has 0 aliphatic rings. The van der Waals surface area contributed by atoms with Crippen LogP contribution >= 0.6 is 23.2 Å². The lowest BCUT2D eigenvalue weighted by Gasteiger charge is -2.11. The fraction of sp³-hybridized carbons (Fsp3) is 0.417. The molecule has 0 spiro atoms. The summed E-state index contributed by atoms with van der Waals surface area (Å²) in [6.07, 6.45) is 0.768. The molecule has 5 heteroatoms. The molecule has 0 heterocycles. The molecule has 0 amide bonds. The van der Waals surface area contributed by atoms with E-state index in [0.29, 0.717) is 23.1 Å². The number of hydrogen-bond donors (Lipinski definition) is 1. The first kappa shape index (κ1) is 14.3. The van der Waals surface area contributed by atoms with Crippen LogP contribution in [0.5, 0.6) is 0 Å². The molecule has 1 aromatic carbocycles. The van der Waals surface area contributed by atoms with Crippen molar-refractivity contribution in [2.75, 3.05) is 6.61 Å². The van der Waals surface area contributed by atoms with E-state index in [0.717, 1.165) is 5.56 Å². The second-order valence-corrected chi connectivity index (χ2v) is 4.54. The SMILES string of the molecule is CCOC(=O)CC(N)Cc1ccc(Cl)c(Cl)c1. The standard InChI is InChI=1S/C12H15Cl2NO2/c1-2-17-12(16)7-9(15)5-8-3-4-10(13)11(14)6-8/h3-4,6,9H,2,5,7,15H2,1H3. The summed E-state index contributed by atoms with van der Waals surface area (Å²) < 4.78 is 4.83. The number of halogens is 2. The summed E-state index contributed by atoms with van der Waals surface area (Å²) in [4.78, 5) is 11.2. The molecule has 0 aliphatic carbocycles. The van der Waals surface area contributed by atoms with Crippen LogP contribution in [0.1, 0.15) is 18.9 Å². The number of esters is 1. The fourth-order valence-corrected chi connectivity index (χ4v) is 1.80. The second kappa shape index (κ2) is 6.84. The summed E-state index contributed by atoms with van der Waals surface area (Å²) in [6, 6.07) is 5.05. The Morgan fingerprint density at radius 2 is 2.12 bits per heavy atom. The van der Waals surface area contributed by atoms with Crippen molar-refractivity contribution in [2.24, 2.45) is 5.73 Å². The Bertz CT molecular complexity index is 396. The van der Waals surface area contributed by atoms with Gasteiger partial charge in [0.05, 0.1) is 23.1 Å². The molecule has 1 rings (SSSR count). The van der Waals surface area contributed by atoms with Gasteiger partial charge in [0.2, 0.25) is 0 Å². The average Bonchev–Trinajstić information content (AvgIpc) is 2.23. The number of benzene rings is 1. The van der Waals surface area contributed by atoms with Gasteiger partial charge in [0, 0.05) is 6.04 Å². The van der Waals surface area contributed by atoms with Crippen molar-refractivity contribution in [2.45, 2.75) is 25.8 Å². The monoisotopic (exact) mass is 275 g/mol. The maximum absolute atomic E-state index is 11.2. The summed E-state index contributed by atoms with van der Waals surface area (Å²) >= 11 is 11.7. The second-order valence-electron chi connectivity index (χ2n) is 3.72. The van der Waals surface area contributed by atoms with Crippen molar-refractivity contribution in [1.82, 2.24) is 0 Å². The minimum Gasteiger partial charge on any atom is -0.466 e. The quantitative estimate of drug-likeness (QED) is 0.841. The average molecular weight is 276 g/mol. The predicted molar refractivity (Wildman–Crippen MR) is 69.4 cm³/mol. The molecule has 0 aliphatic heterocycles. The Balaban J connectivity index is 2.53. The Kier molecular flexibility index (Phi) is 5.75. The summed E-state index contributed by atoms with van der Waals surface area (Å²) in [5.41, 5.74) is 6.80. The topological polar surface area (TPSA) is 52.3 Å². The number of nitrogens with two attached hydrogens (primary N) is 1. The van der Waals surface area contributed by atoms with Gasteiger partial charge in [0.25, 0.3) is 0 Å². The fourth-order valence-electron chi connectivity index (χ4n) is 1.48. The van der Waals surface area contributed by atoms with Crippen molar-refractivity contribution in [3.05, 3.63) is 33.8 Å². The van der Waals surface area contributed by atoms with Gasteiger partial charge in [-0.05, 0) is 31.0 Å². The van der Waals surface area contributed by atoms with E-state index in [1.807, 2.05) is 6.07 Å². The summed E-state index contributed by atoms with van der Waals surface area (Å²) in [5, 5.41) is 1.00. The molecule has 17 heavy (non-hydrogen) atoms. The van der Waals surface area contributed by atoms with Crippen LogP contribution in [0.2, 0.25) is 10.0 Å². The smallest absolute Gasteiger partial charge is 0.307 e. The van der Waals surface area contributed by atoms with Gasteiger partial charge in [-0.25, -0.2) is 0 Å². The Morgan fingerprint density at radius 1 is 1.41 bits per heavy atom.